The van der Waals surface area contributed by atoms with E-state index < -0.39 is 6.04 Å². The molecule has 9 rings (SSSR count). The lowest BCUT2D eigenvalue weighted by molar-refractivity contribution is -0.136. The van der Waals surface area contributed by atoms with Gasteiger partial charge in [0.2, 0.25) is 11.8 Å². The van der Waals surface area contributed by atoms with E-state index in [4.69, 9.17) is 10.1 Å². The number of nitrogens with one attached hydrogen (secondary N) is 2. The van der Waals surface area contributed by atoms with E-state index in [2.05, 4.69) is 26.5 Å². The molecule has 1 unspecified atom stereocenters. The van der Waals surface area contributed by atoms with Gasteiger partial charge in [0.1, 0.15) is 6.04 Å². The van der Waals surface area contributed by atoms with Crippen LogP contribution < -0.4 is 10.6 Å². The second kappa shape index (κ2) is 10.5. The summed E-state index contributed by atoms with van der Waals surface area (Å²) in [6, 6.07) is 13.8. The third-order valence-corrected chi connectivity index (χ3v) is 11.0. The average Bonchev–Trinajstić information content (AvgIpc) is 3.69. The number of rotatable bonds is 8. The summed E-state index contributed by atoms with van der Waals surface area (Å²) in [6.07, 6.45) is 13.3. The minimum Gasteiger partial charge on any atom is -0.385 e. The smallest absolute Gasteiger partial charge is 0.255 e. The molecule has 10 heteroatoms. The van der Waals surface area contributed by atoms with E-state index in [0.29, 0.717) is 35.9 Å². The van der Waals surface area contributed by atoms with Crippen LogP contribution in [0.3, 0.4) is 0 Å². The Bertz CT molecular complexity index is 1900. The molecule has 0 bridgehead atoms. The van der Waals surface area contributed by atoms with Crippen LogP contribution in [-0.2, 0) is 16.1 Å². The van der Waals surface area contributed by atoms with Gasteiger partial charge >= 0.3 is 0 Å². The van der Waals surface area contributed by atoms with Crippen LogP contribution in [0.1, 0.15) is 91.4 Å². The van der Waals surface area contributed by atoms with Gasteiger partial charge in [-0.3, -0.25) is 29.4 Å². The molecule has 10 nitrogen and oxygen atoms in total. The van der Waals surface area contributed by atoms with Gasteiger partial charge in [-0.25, -0.2) is 4.98 Å². The summed E-state index contributed by atoms with van der Waals surface area (Å²) in [6.45, 7) is 1.30. The molecule has 2 aliphatic heterocycles. The molecule has 1 atom stereocenters. The summed E-state index contributed by atoms with van der Waals surface area (Å²) in [5.74, 6) is 0.506. The van der Waals surface area contributed by atoms with E-state index in [1.54, 1.807) is 4.90 Å². The Balaban J connectivity index is 0.779. The maximum atomic E-state index is 13.0. The second-order valence-corrected chi connectivity index (χ2v) is 14.2. The largest absolute Gasteiger partial charge is 0.385 e. The molecule has 4 fully saturated rings. The van der Waals surface area contributed by atoms with Crippen molar-refractivity contribution in [3.8, 4) is 11.3 Å². The predicted octanol–water partition coefficient (Wildman–Crippen LogP) is 5.37. The van der Waals surface area contributed by atoms with E-state index in [1.807, 2.05) is 48.7 Å². The topological polar surface area (TPSA) is 122 Å². The highest BCUT2D eigenvalue weighted by atomic mass is 16.2. The van der Waals surface area contributed by atoms with Crippen LogP contribution in [0.4, 0.5) is 5.69 Å². The molecule has 3 saturated carbocycles. The number of nitrogens with zero attached hydrogens (tertiary/aromatic N) is 5. The van der Waals surface area contributed by atoms with Crippen LogP contribution in [0.2, 0.25) is 0 Å². The zero-order chi connectivity index (χ0) is 31.0. The third kappa shape index (κ3) is 4.77. The van der Waals surface area contributed by atoms with Crippen LogP contribution in [0.25, 0.3) is 22.3 Å². The van der Waals surface area contributed by atoms with Crippen LogP contribution >= 0.6 is 0 Å². The molecule has 234 valence electrons. The molecule has 4 aromatic rings. The van der Waals surface area contributed by atoms with Gasteiger partial charge in [0.05, 0.1) is 34.7 Å². The first kappa shape index (κ1) is 27.7. The number of anilines is 1. The Kier molecular flexibility index (Phi) is 6.30. The quantitative estimate of drug-likeness (QED) is 0.256. The van der Waals surface area contributed by atoms with E-state index in [0.717, 1.165) is 52.4 Å². The predicted molar refractivity (Wildman–Crippen MR) is 172 cm³/mol. The number of para-hydroxylation sites is 2. The number of piperidine rings is 1. The summed E-state index contributed by atoms with van der Waals surface area (Å²) < 4.78 is 2.24. The zero-order valence-electron chi connectivity index (χ0n) is 25.7. The van der Waals surface area contributed by atoms with Crippen LogP contribution in [-0.4, -0.2) is 55.0 Å². The lowest BCUT2D eigenvalue weighted by atomic mass is 9.49. The lowest BCUT2D eigenvalue weighted by Crippen LogP contribution is -2.52. The SMILES string of the molecule is O=C1CCC(N2Cc3cc(NCCC4CC5(C4)CC(n4cc(-c6cnc7ccccc7n6)c(C6CC6)n4)C5)ccc3C2=O)C(=O)N1. The van der Waals surface area contributed by atoms with Crippen LogP contribution in [0.15, 0.2) is 54.9 Å². The normalized spacial score (nSPS) is 27.0. The summed E-state index contributed by atoms with van der Waals surface area (Å²) in [5, 5.41) is 11.1. The van der Waals surface area contributed by atoms with E-state index in [1.165, 1.54) is 44.2 Å². The molecular formula is C36H37N7O3. The summed E-state index contributed by atoms with van der Waals surface area (Å²) in [5.41, 5.74) is 8.18. The van der Waals surface area contributed by atoms with Crippen molar-refractivity contribution in [3.05, 3.63) is 71.7 Å². The van der Waals surface area contributed by atoms with Gasteiger partial charge in [-0.2, -0.15) is 5.10 Å². The lowest BCUT2D eigenvalue weighted by Gasteiger charge is -2.58. The maximum Gasteiger partial charge on any atom is 0.255 e. The molecule has 0 radical (unpaired) electrons. The third-order valence-electron chi connectivity index (χ3n) is 11.0. The van der Waals surface area contributed by atoms with Crippen LogP contribution in [0.5, 0.6) is 0 Å². The maximum absolute atomic E-state index is 13.0. The number of fused-ring (bicyclic) bond motifs is 2. The van der Waals surface area contributed by atoms with Gasteiger partial charge < -0.3 is 10.2 Å². The van der Waals surface area contributed by atoms with Crippen molar-refractivity contribution in [3.63, 3.8) is 0 Å². The number of carbonyl (C=O) groups excluding carboxylic acids is 3. The Morgan fingerprint density at radius 1 is 0.957 bits per heavy atom. The Morgan fingerprint density at radius 2 is 1.78 bits per heavy atom. The van der Waals surface area contributed by atoms with E-state index >= 15 is 0 Å². The molecule has 46 heavy (non-hydrogen) atoms. The standard InChI is InChI=1S/C36H37N7O3/c44-32-10-9-31(34(45)40-32)42-19-23-13-24(7-8-26(23)35(42)46)37-12-11-21-14-36(15-21)16-25(17-36)43-20-27(33(41-43)22-5-6-22)30-18-38-28-3-1-2-4-29(28)39-30/h1-4,7-8,13,18,20-22,25,31,37H,5-6,9-12,14-17,19H2,(H,40,44,45). The summed E-state index contributed by atoms with van der Waals surface area (Å²) >= 11 is 0. The number of aromatic nitrogens is 4. The van der Waals surface area contributed by atoms with Gasteiger partial charge in [0.25, 0.3) is 5.91 Å². The molecule has 4 heterocycles. The molecule has 2 aromatic carbocycles. The van der Waals surface area contributed by atoms with Gasteiger partial charge in [0.15, 0.2) is 0 Å². The number of benzene rings is 2. The number of imide groups is 1. The van der Waals surface area contributed by atoms with Crippen molar-refractivity contribution in [1.29, 1.82) is 0 Å². The van der Waals surface area contributed by atoms with Crippen molar-refractivity contribution in [2.24, 2.45) is 11.3 Å². The molecule has 3 amide bonds. The Morgan fingerprint density at radius 3 is 2.59 bits per heavy atom. The second-order valence-electron chi connectivity index (χ2n) is 14.2. The molecule has 1 saturated heterocycles. The van der Waals surface area contributed by atoms with Crippen molar-refractivity contribution in [1.82, 2.24) is 30.0 Å². The monoisotopic (exact) mass is 615 g/mol. The van der Waals surface area contributed by atoms with Gasteiger partial charge in [-0.15, -0.1) is 0 Å². The number of amides is 3. The highest BCUT2D eigenvalue weighted by Gasteiger charge is 2.53. The number of hydrogen-bond donors (Lipinski definition) is 2. The minimum atomic E-state index is -0.583. The zero-order valence-corrected chi connectivity index (χ0v) is 25.7. The van der Waals surface area contributed by atoms with Crippen molar-refractivity contribution in [2.45, 2.75) is 82.3 Å². The number of hydrogen-bond acceptors (Lipinski definition) is 7. The van der Waals surface area contributed by atoms with E-state index in [9.17, 15) is 14.4 Å². The minimum absolute atomic E-state index is 0.132. The molecule has 1 spiro atoms. The Hall–Kier alpha value is -4.60. The molecule has 2 N–H and O–H groups in total. The van der Waals surface area contributed by atoms with Gasteiger partial charge in [-0.1, -0.05) is 12.1 Å². The number of carbonyl (C=O) groups is 3. The highest BCUT2D eigenvalue weighted by Crippen LogP contribution is 2.63. The first-order valence-corrected chi connectivity index (χ1v) is 16.7. The van der Waals surface area contributed by atoms with Gasteiger partial charge in [0, 0.05) is 48.4 Å². The molecular weight excluding hydrogens is 578 g/mol. The van der Waals surface area contributed by atoms with E-state index in [-0.39, 0.29) is 24.1 Å². The van der Waals surface area contributed by atoms with Crippen molar-refractivity contribution >= 4 is 34.4 Å². The first-order valence-electron chi connectivity index (χ1n) is 16.7. The van der Waals surface area contributed by atoms with Crippen molar-refractivity contribution < 1.29 is 14.4 Å². The fourth-order valence-electron chi connectivity index (χ4n) is 8.47. The molecule has 5 aliphatic rings. The first-order chi connectivity index (χ1) is 22.4. The summed E-state index contributed by atoms with van der Waals surface area (Å²) in [4.78, 5) is 48.1. The fraction of sp³-hybridized carbons (Fsp3) is 0.444. The molecule has 3 aliphatic carbocycles. The van der Waals surface area contributed by atoms with Gasteiger partial charge in [-0.05, 0) is 98.6 Å². The summed E-state index contributed by atoms with van der Waals surface area (Å²) in [7, 11) is 0. The molecule has 2 aromatic heterocycles. The highest BCUT2D eigenvalue weighted by molar-refractivity contribution is 6.05. The Labute approximate surface area is 267 Å². The van der Waals surface area contributed by atoms with Crippen LogP contribution in [0, 0.1) is 11.3 Å². The van der Waals surface area contributed by atoms with Crippen molar-refractivity contribution in [2.75, 3.05) is 11.9 Å². The average molecular weight is 616 g/mol. The fourth-order valence-corrected chi connectivity index (χ4v) is 8.47.